The van der Waals surface area contributed by atoms with Gasteiger partial charge in [-0.05, 0) is 118 Å². The molecule has 1 saturated carbocycles. The number of likely N-dealkylation sites (N-methyl/N-ethyl adjacent to an activating group) is 1. The van der Waals surface area contributed by atoms with Gasteiger partial charge in [-0.15, -0.1) is 0 Å². The summed E-state index contributed by atoms with van der Waals surface area (Å²) in [5, 5.41) is 55.5. The second-order valence-electron chi connectivity index (χ2n) is 22.4. The molecule has 71 heavy (non-hydrogen) atoms. The number of aliphatic hydroxyl groups excluding tert-OH is 1. The SMILES string of the molecule is CCCNC[C@]1(O)[C@H](C)O[C@@H](O[C@H]2[C@H](C)[C@@H](O[C@@H]3O[C@H](C)C[C@H](N(C)C(=O)N(C)C4CCCCC4)[C@H]3Oc3ccccc3)[C@](C)(O)C[C@@H](C)CN[C@H](C)[C@@H](O)[C@](C)(O)[C@@H](CC)OC(=O)[C@@H]2C)C[C@@]1(C)OC. The number of cyclic esters (lactones) is 1. The van der Waals surface area contributed by atoms with Crippen molar-refractivity contribution < 1.29 is 63.2 Å². The van der Waals surface area contributed by atoms with Crippen LogP contribution in [-0.4, -0.2) is 179 Å². The number of methoxy groups -OCH3 is 1. The zero-order valence-electron chi connectivity index (χ0n) is 45.6. The van der Waals surface area contributed by atoms with Crippen LogP contribution in [0.3, 0.4) is 0 Å². The first-order valence-corrected chi connectivity index (χ1v) is 26.7. The number of benzene rings is 1. The van der Waals surface area contributed by atoms with Crippen molar-refractivity contribution in [1.29, 1.82) is 0 Å². The lowest BCUT2D eigenvalue weighted by molar-refractivity contribution is -0.335. The second-order valence-corrected chi connectivity index (χ2v) is 22.4. The number of hydrogen-bond donors (Lipinski definition) is 6. The summed E-state index contributed by atoms with van der Waals surface area (Å²) in [7, 11) is 5.22. The largest absolute Gasteiger partial charge is 0.483 e. The Morgan fingerprint density at radius 3 is 2.18 bits per heavy atom. The van der Waals surface area contributed by atoms with Crippen molar-refractivity contribution in [3.63, 3.8) is 0 Å². The van der Waals surface area contributed by atoms with Crippen molar-refractivity contribution in [2.75, 3.05) is 40.8 Å². The Morgan fingerprint density at radius 2 is 1.56 bits per heavy atom. The molecule has 5 rings (SSSR count). The number of nitrogens with one attached hydrogen (secondary N) is 2. The first-order valence-electron chi connectivity index (χ1n) is 26.7. The molecule has 17 heteroatoms. The number of nitrogens with zero attached hydrogens (tertiary/aromatic N) is 2. The van der Waals surface area contributed by atoms with Gasteiger partial charge in [0.05, 0.1) is 42.0 Å². The zero-order valence-corrected chi connectivity index (χ0v) is 45.6. The number of carbonyl (C=O) groups excluding carboxylic acids is 2. The van der Waals surface area contributed by atoms with Gasteiger partial charge in [0.1, 0.15) is 34.8 Å². The summed E-state index contributed by atoms with van der Waals surface area (Å²) >= 11 is 0. The Morgan fingerprint density at radius 1 is 0.901 bits per heavy atom. The van der Waals surface area contributed by atoms with Crippen LogP contribution < -0.4 is 15.4 Å². The molecule has 6 N–H and O–H groups in total. The van der Waals surface area contributed by atoms with Crippen LogP contribution in [0.1, 0.15) is 140 Å². The molecule has 2 amide bonds. The fourth-order valence-corrected chi connectivity index (χ4v) is 11.9. The molecule has 1 aromatic carbocycles. The monoisotopic (exact) mass is 1010 g/mol. The van der Waals surface area contributed by atoms with Crippen molar-refractivity contribution >= 4 is 12.0 Å². The third kappa shape index (κ3) is 13.8. The summed E-state index contributed by atoms with van der Waals surface area (Å²) in [6.07, 6.45) is -2.05. The minimum absolute atomic E-state index is 0.0672. The van der Waals surface area contributed by atoms with Crippen molar-refractivity contribution in [2.45, 2.75) is 236 Å². The van der Waals surface area contributed by atoms with E-state index in [4.69, 9.17) is 33.2 Å². The van der Waals surface area contributed by atoms with Gasteiger partial charge in [-0.25, -0.2) is 4.79 Å². The van der Waals surface area contributed by atoms with E-state index >= 15 is 0 Å². The van der Waals surface area contributed by atoms with Gasteiger partial charge in [0.15, 0.2) is 18.7 Å². The highest BCUT2D eigenvalue weighted by molar-refractivity contribution is 5.75. The van der Waals surface area contributed by atoms with Gasteiger partial charge in [0.2, 0.25) is 0 Å². The molecule has 1 aromatic rings. The van der Waals surface area contributed by atoms with E-state index in [2.05, 4.69) is 10.6 Å². The normalized spacial score (nSPS) is 41.5. The van der Waals surface area contributed by atoms with Crippen molar-refractivity contribution in [1.82, 2.24) is 20.4 Å². The van der Waals surface area contributed by atoms with Crippen LogP contribution in [-0.2, 0) is 33.2 Å². The number of carbonyl (C=O) groups is 2. The Labute approximate surface area is 425 Å². The van der Waals surface area contributed by atoms with Crippen LogP contribution in [0.25, 0.3) is 0 Å². The lowest BCUT2D eigenvalue weighted by Gasteiger charge is -2.53. The molecule has 0 spiro atoms. The maximum Gasteiger partial charge on any atom is 0.320 e. The molecule has 4 fully saturated rings. The smallest absolute Gasteiger partial charge is 0.320 e. The number of urea groups is 1. The molecule has 0 radical (unpaired) electrons. The van der Waals surface area contributed by atoms with E-state index in [-0.39, 0.29) is 43.8 Å². The molecule has 3 saturated heterocycles. The molecule has 3 heterocycles. The van der Waals surface area contributed by atoms with Crippen LogP contribution in [0.5, 0.6) is 5.75 Å². The number of esters is 1. The lowest BCUT2D eigenvalue weighted by atomic mass is 9.75. The van der Waals surface area contributed by atoms with Gasteiger partial charge in [0.25, 0.3) is 0 Å². The first kappa shape index (κ1) is 59.2. The van der Waals surface area contributed by atoms with E-state index < -0.39 is 108 Å². The fraction of sp³-hybridized carbons (Fsp3) is 0.852. The number of aliphatic hydroxyl groups is 4. The fourth-order valence-electron chi connectivity index (χ4n) is 11.9. The Bertz CT molecular complexity index is 1810. The first-order chi connectivity index (χ1) is 33.3. The van der Waals surface area contributed by atoms with Gasteiger partial charge in [-0.3, -0.25) is 4.79 Å². The molecule has 408 valence electrons. The van der Waals surface area contributed by atoms with E-state index in [0.29, 0.717) is 25.3 Å². The highest BCUT2D eigenvalue weighted by Gasteiger charge is 2.58. The quantitative estimate of drug-likeness (QED) is 0.0966. The van der Waals surface area contributed by atoms with Crippen molar-refractivity contribution in [3.05, 3.63) is 30.3 Å². The predicted octanol–water partition coefficient (Wildman–Crippen LogP) is 5.77. The van der Waals surface area contributed by atoms with Gasteiger partial charge in [-0.1, -0.05) is 65.2 Å². The average Bonchev–Trinajstić information content (AvgIpc) is 3.34. The topological polar surface area (TPSA) is 210 Å². The van der Waals surface area contributed by atoms with E-state index in [9.17, 15) is 30.0 Å². The second kappa shape index (κ2) is 25.2. The minimum atomic E-state index is -1.85. The van der Waals surface area contributed by atoms with Crippen LogP contribution in [0, 0.1) is 17.8 Å². The summed E-state index contributed by atoms with van der Waals surface area (Å²) in [6, 6.07) is 8.15. The maximum atomic E-state index is 14.7. The number of hydrogen-bond acceptors (Lipinski definition) is 15. The van der Waals surface area contributed by atoms with E-state index in [0.717, 1.165) is 38.5 Å². The Kier molecular flexibility index (Phi) is 21.0. The molecule has 0 aromatic heterocycles. The Hall–Kier alpha value is -2.68. The van der Waals surface area contributed by atoms with Gasteiger partial charge in [-0.2, -0.15) is 0 Å². The summed E-state index contributed by atoms with van der Waals surface area (Å²) in [5.41, 5.74) is -6.15. The average molecular weight is 1010 g/mol. The highest BCUT2D eigenvalue weighted by Crippen LogP contribution is 2.44. The van der Waals surface area contributed by atoms with Crippen LogP contribution in [0.4, 0.5) is 4.79 Å². The minimum Gasteiger partial charge on any atom is -0.483 e. The number of rotatable bonds is 14. The van der Waals surface area contributed by atoms with Gasteiger partial charge < -0.3 is 74.0 Å². The standard InChI is InChI=1S/C54H94N4O13/c1-15-27-55-32-54(64)38(8)67-43(30-52(54,10)65-14)70-44-35(5)47(51(9,62)29-33(3)31-56-37(7)46(59)53(11,63)42(16-2)69-48(60)36(44)6)71-49-45(68-40-25-21-18-22-26-40)41(28-34(4)66-49)58(13)50(61)57(12)39-23-19-17-20-24-39/h18,21-22,25-26,33-39,41-47,49,55-56,59,62-64H,15-17,19-20,23-24,27-32H2,1-14H3/t33-,34-,35+,36-,37-,38+,41+,42-,43+,44+,45-,46-,47-,49+,51-,52-,53-,54+/m1/s1. The summed E-state index contributed by atoms with van der Waals surface area (Å²) in [5.74, 6) is -2.31. The Balaban J connectivity index is 1.62. The molecule has 3 aliphatic heterocycles. The molecular weight excluding hydrogens is 913 g/mol. The molecule has 17 nitrogen and oxygen atoms in total. The summed E-state index contributed by atoms with van der Waals surface area (Å²) in [4.78, 5) is 32.8. The lowest BCUT2D eigenvalue weighted by Crippen LogP contribution is -2.70. The highest BCUT2D eigenvalue weighted by atomic mass is 16.7. The maximum absolute atomic E-state index is 14.7. The molecule has 1 aliphatic carbocycles. The van der Waals surface area contributed by atoms with Crippen LogP contribution >= 0.6 is 0 Å². The van der Waals surface area contributed by atoms with Gasteiger partial charge in [0, 0.05) is 52.2 Å². The van der Waals surface area contributed by atoms with Crippen molar-refractivity contribution in [2.24, 2.45) is 17.8 Å². The van der Waals surface area contributed by atoms with E-state index in [1.54, 1.807) is 53.7 Å². The van der Waals surface area contributed by atoms with Crippen molar-refractivity contribution in [3.8, 4) is 5.75 Å². The molecule has 18 atom stereocenters. The zero-order chi connectivity index (χ0) is 52.6. The van der Waals surface area contributed by atoms with E-state index in [1.165, 1.54) is 6.92 Å². The molecule has 0 unspecified atom stereocenters. The molecule has 4 aliphatic rings. The number of para-hydroxylation sites is 1. The summed E-state index contributed by atoms with van der Waals surface area (Å²) in [6.45, 7) is 21.0. The molecular formula is C54H94N4O13. The number of ether oxygens (including phenoxy) is 7. The molecule has 0 bridgehead atoms. The number of amides is 2. The third-order valence-electron chi connectivity index (χ3n) is 16.6. The third-order valence-corrected chi connectivity index (χ3v) is 16.6. The van der Waals surface area contributed by atoms with Gasteiger partial charge >= 0.3 is 12.0 Å². The van der Waals surface area contributed by atoms with Crippen LogP contribution in [0.2, 0.25) is 0 Å². The van der Waals surface area contributed by atoms with Crippen LogP contribution in [0.15, 0.2) is 30.3 Å². The van der Waals surface area contributed by atoms with E-state index in [1.807, 2.05) is 76.9 Å². The summed E-state index contributed by atoms with van der Waals surface area (Å²) < 4.78 is 46.8. The predicted molar refractivity (Wildman–Crippen MR) is 271 cm³/mol.